The van der Waals surface area contributed by atoms with Crippen LogP contribution in [0.25, 0.3) is 0 Å². The molecule has 1 unspecified atom stereocenters. The topological polar surface area (TPSA) is 32.3 Å². The first kappa shape index (κ1) is 16.8. The second-order valence-electron chi connectivity index (χ2n) is 6.00. The van der Waals surface area contributed by atoms with Gasteiger partial charge in [0, 0.05) is 12.6 Å². The molecule has 122 valence electrons. The molecule has 3 nitrogen and oxygen atoms in total. The molecule has 1 fully saturated rings. The molecule has 1 heterocycles. The van der Waals surface area contributed by atoms with Crippen molar-refractivity contribution in [3.8, 4) is 0 Å². The number of piperidine rings is 1. The van der Waals surface area contributed by atoms with Crippen LogP contribution in [0.4, 0.5) is 13.2 Å². The number of amides is 1. The quantitative estimate of drug-likeness (QED) is 0.867. The third-order valence-electron chi connectivity index (χ3n) is 4.28. The first-order valence-electron chi connectivity index (χ1n) is 7.56. The number of nitrogens with one attached hydrogen (secondary N) is 1. The number of benzene rings is 1. The van der Waals surface area contributed by atoms with Crippen molar-refractivity contribution < 1.29 is 18.0 Å². The molecule has 0 aromatic heterocycles. The minimum atomic E-state index is -1.62. The van der Waals surface area contributed by atoms with E-state index in [0.717, 1.165) is 38.1 Å². The van der Waals surface area contributed by atoms with E-state index in [1.54, 1.807) is 0 Å². The maximum absolute atomic E-state index is 13.5. The van der Waals surface area contributed by atoms with Crippen molar-refractivity contribution in [2.24, 2.45) is 5.92 Å². The van der Waals surface area contributed by atoms with E-state index in [2.05, 4.69) is 17.1 Å². The molecule has 0 aliphatic carbocycles. The Hall–Kier alpha value is -1.56. The van der Waals surface area contributed by atoms with Gasteiger partial charge in [-0.2, -0.15) is 0 Å². The second-order valence-corrected chi connectivity index (χ2v) is 6.00. The Morgan fingerprint density at radius 2 is 1.91 bits per heavy atom. The number of hydrogen-bond acceptors (Lipinski definition) is 2. The Kier molecular flexibility index (Phi) is 5.45. The first-order chi connectivity index (χ1) is 10.4. The number of halogens is 3. The number of hydrogen-bond donors (Lipinski definition) is 1. The number of nitrogens with zero attached hydrogens (tertiary/aromatic N) is 1. The van der Waals surface area contributed by atoms with E-state index in [1.807, 2.05) is 6.92 Å². The molecule has 0 radical (unpaired) electrons. The molecule has 1 aliphatic heterocycles. The maximum atomic E-state index is 13.5. The largest absolute Gasteiger partial charge is 0.350 e. The molecular formula is C16H21F3N2O. The lowest BCUT2D eigenvalue weighted by Crippen LogP contribution is -2.45. The van der Waals surface area contributed by atoms with Crippen LogP contribution < -0.4 is 5.32 Å². The Morgan fingerprint density at radius 1 is 1.27 bits per heavy atom. The van der Waals surface area contributed by atoms with Crippen LogP contribution in [0.2, 0.25) is 0 Å². The highest BCUT2D eigenvalue weighted by Gasteiger charge is 2.22. The lowest BCUT2D eigenvalue weighted by molar-refractivity contribution is 0.0916. The molecule has 22 heavy (non-hydrogen) atoms. The van der Waals surface area contributed by atoms with Crippen molar-refractivity contribution in [2.75, 3.05) is 19.6 Å². The summed E-state index contributed by atoms with van der Waals surface area (Å²) < 4.78 is 39.5. The van der Waals surface area contributed by atoms with Crippen LogP contribution >= 0.6 is 0 Å². The van der Waals surface area contributed by atoms with E-state index < -0.39 is 28.9 Å². The third kappa shape index (κ3) is 3.80. The predicted molar refractivity (Wildman–Crippen MR) is 78.1 cm³/mol. The molecule has 1 amide bonds. The lowest BCUT2D eigenvalue weighted by Gasteiger charge is -2.35. The minimum absolute atomic E-state index is 0.116. The molecule has 1 aromatic rings. The number of rotatable bonds is 4. The summed E-state index contributed by atoms with van der Waals surface area (Å²) >= 11 is 0. The van der Waals surface area contributed by atoms with Crippen molar-refractivity contribution in [3.05, 3.63) is 35.1 Å². The summed E-state index contributed by atoms with van der Waals surface area (Å²) in [5.41, 5.74) is -0.474. The van der Waals surface area contributed by atoms with Gasteiger partial charge >= 0.3 is 0 Å². The molecular weight excluding hydrogens is 293 g/mol. The molecule has 2 rings (SSSR count). The highest BCUT2D eigenvalue weighted by Crippen LogP contribution is 2.18. The first-order valence-corrected chi connectivity index (χ1v) is 7.56. The second kappa shape index (κ2) is 7.13. The summed E-state index contributed by atoms with van der Waals surface area (Å²) in [4.78, 5) is 14.2. The normalized spacial score (nSPS) is 18.2. The summed E-state index contributed by atoms with van der Waals surface area (Å²) in [6.07, 6.45) is 2.24. The van der Waals surface area contributed by atoms with Crippen molar-refractivity contribution in [2.45, 2.75) is 32.7 Å². The fourth-order valence-electron chi connectivity index (χ4n) is 2.64. The van der Waals surface area contributed by atoms with Gasteiger partial charge in [0.05, 0.1) is 5.56 Å². The van der Waals surface area contributed by atoms with Crippen LogP contribution in [0, 0.1) is 23.4 Å². The molecule has 6 heteroatoms. The van der Waals surface area contributed by atoms with E-state index in [9.17, 15) is 18.0 Å². The fraction of sp³-hybridized carbons (Fsp3) is 0.562. The summed E-state index contributed by atoms with van der Waals surface area (Å²) in [6, 6.07) is 1.82. The van der Waals surface area contributed by atoms with Gasteiger partial charge < -0.3 is 5.32 Å². The minimum Gasteiger partial charge on any atom is -0.350 e. The number of carbonyl (C=O) groups excluding carboxylic acids is 1. The van der Waals surface area contributed by atoms with Gasteiger partial charge in [0.2, 0.25) is 0 Å². The Balaban J connectivity index is 1.91. The van der Waals surface area contributed by atoms with E-state index >= 15 is 0 Å². The summed E-state index contributed by atoms with van der Waals surface area (Å²) in [5.74, 6) is -4.38. The molecule has 0 bridgehead atoms. The maximum Gasteiger partial charge on any atom is 0.254 e. The van der Waals surface area contributed by atoms with Gasteiger partial charge in [0.15, 0.2) is 17.5 Å². The molecule has 1 atom stereocenters. The van der Waals surface area contributed by atoms with Gasteiger partial charge in [-0.15, -0.1) is 0 Å². The van der Waals surface area contributed by atoms with Crippen LogP contribution in [-0.4, -0.2) is 36.5 Å². The summed E-state index contributed by atoms with van der Waals surface area (Å²) in [7, 11) is 0. The van der Waals surface area contributed by atoms with Crippen molar-refractivity contribution in [1.29, 1.82) is 0 Å². The fourth-order valence-corrected chi connectivity index (χ4v) is 2.64. The van der Waals surface area contributed by atoms with Crippen molar-refractivity contribution in [3.63, 3.8) is 0 Å². The lowest BCUT2D eigenvalue weighted by atomic mass is 9.98. The highest BCUT2D eigenvalue weighted by atomic mass is 19.2. The van der Waals surface area contributed by atoms with Gasteiger partial charge in [-0.25, -0.2) is 13.2 Å². The van der Waals surface area contributed by atoms with Gasteiger partial charge in [0.1, 0.15) is 0 Å². The number of carbonyl (C=O) groups is 1. The standard InChI is InChI=1S/C16H21F3N2O/c1-10-5-7-21(8-6-10)11(2)9-20-16(22)12-3-4-13(17)15(19)14(12)18/h3-4,10-11H,5-9H2,1-2H3,(H,20,22). The molecule has 0 saturated carbocycles. The molecule has 1 saturated heterocycles. The van der Waals surface area contributed by atoms with Crippen LogP contribution in [0.15, 0.2) is 12.1 Å². The molecule has 0 spiro atoms. The van der Waals surface area contributed by atoms with E-state index in [0.29, 0.717) is 12.5 Å². The Morgan fingerprint density at radius 3 is 2.55 bits per heavy atom. The average molecular weight is 314 g/mol. The zero-order valence-corrected chi connectivity index (χ0v) is 12.8. The van der Waals surface area contributed by atoms with Crippen LogP contribution in [0.1, 0.15) is 37.0 Å². The van der Waals surface area contributed by atoms with Crippen molar-refractivity contribution >= 4 is 5.91 Å². The van der Waals surface area contributed by atoms with E-state index in [-0.39, 0.29) is 6.04 Å². The predicted octanol–water partition coefficient (Wildman–Crippen LogP) is 2.95. The van der Waals surface area contributed by atoms with Gasteiger partial charge in [-0.05, 0) is 50.9 Å². The summed E-state index contributed by atoms with van der Waals surface area (Å²) in [5, 5.41) is 2.59. The molecule has 1 aromatic carbocycles. The monoisotopic (exact) mass is 314 g/mol. The third-order valence-corrected chi connectivity index (χ3v) is 4.28. The van der Waals surface area contributed by atoms with Gasteiger partial charge in [-0.1, -0.05) is 6.92 Å². The zero-order chi connectivity index (χ0) is 16.3. The highest BCUT2D eigenvalue weighted by molar-refractivity contribution is 5.94. The van der Waals surface area contributed by atoms with Crippen LogP contribution in [0.3, 0.4) is 0 Å². The smallest absolute Gasteiger partial charge is 0.254 e. The van der Waals surface area contributed by atoms with Crippen molar-refractivity contribution in [1.82, 2.24) is 10.2 Å². The van der Waals surface area contributed by atoms with Crippen LogP contribution in [-0.2, 0) is 0 Å². The Labute approximate surface area is 128 Å². The Bertz CT molecular complexity index is 542. The summed E-state index contributed by atoms with van der Waals surface area (Å²) in [6.45, 7) is 6.48. The SMILES string of the molecule is CC1CCN(C(C)CNC(=O)c2ccc(F)c(F)c2F)CC1. The van der Waals surface area contributed by atoms with Gasteiger partial charge in [0.25, 0.3) is 5.91 Å². The average Bonchev–Trinajstić information content (AvgIpc) is 2.51. The molecule has 1 N–H and O–H groups in total. The zero-order valence-electron chi connectivity index (χ0n) is 12.8. The van der Waals surface area contributed by atoms with E-state index in [4.69, 9.17) is 0 Å². The van der Waals surface area contributed by atoms with E-state index in [1.165, 1.54) is 0 Å². The number of likely N-dealkylation sites (tertiary alicyclic amines) is 1. The van der Waals surface area contributed by atoms with Crippen LogP contribution in [0.5, 0.6) is 0 Å². The van der Waals surface area contributed by atoms with Gasteiger partial charge in [-0.3, -0.25) is 9.69 Å². The molecule has 1 aliphatic rings.